The van der Waals surface area contributed by atoms with Gasteiger partial charge in [-0.2, -0.15) is 0 Å². The number of nitrogens with zero attached hydrogens (tertiary/aromatic N) is 3. The standard InChI is InChI=1S/C22H23N3O3/c1-15-12-24(13-16(2)28-15)20-19(18-6-4-3-5-7-18)21(26)25(22(20)27)14-17-8-10-23-11-9-17/h3-11,15-16H,12-14H2,1-2H3. The normalized spacial score (nSPS) is 22.9. The highest BCUT2D eigenvalue weighted by Crippen LogP contribution is 2.33. The summed E-state index contributed by atoms with van der Waals surface area (Å²) in [5, 5.41) is 0. The summed E-state index contributed by atoms with van der Waals surface area (Å²) in [4.78, 5) is 34.0. The van der Waals surface area contributed by atoms with Crippen molar-refractivity contribution in [3.63, 3.8) is 0 Å². The SMILES string of the molecule is CC1CN(C2=C(c3ccccc3)C(=O)N(Cc3ccncc3)C2=O)CC(C)O1. The molecule has 144 valence electrons. The number of imide groups is 1. The lowest BCUT2D eigenvalue weighted by molar-refractivity contribution is -0.139. The van der Waals surface area contributed by atoms with Crippen LogP contribution in [0.5, 0.6) is 0 Å². The molecule has 6 nitrogen and oxygen atoms in total. The molecule has 1 aromatic heterocycles. The molecule has 2 aliphatic heterocycles. The van der Waals surface area contributed by atoms with Gasteiger partial charge in [0.2, 0.25) is 0 Å². The van der Waals surface area contributed by atoms with E-state index in [9.17, 15) is 9.59 Å². The maximum absolute atomic E-state index is 13.4. The van der Waals surface area contributed by atoms with E-state index in [-0.39, 0.29) is 30.6 Å². The molecule has 2 amide bonds. The lowest BCUT2D eigenvalue weighted by Crippen LogP contribution is -2.46. The van der Waals surface area contributed by atoms with E-state index in [4.69, 9.17) is 4.74 Å². The summed E-state index contributed by atoms with van der Waals surface area (Å²) in [6, 6.07) is 13.1. The van der Waals surface area contributed by atoms with Crippen LogP contribution in [-0.4, -0.2) is 51.9 Å². The van der Waals surface area contributed by atoms with E-state index in [1.54, 1.807) is 12.4 Å². The first-order chi connectivity index (χ1) is 13.5. The van der Waals surface area contributed by atoms with Crippen LogP contribution in [-0.2, 0) is 20.9 Å². The fourth-order valence-corrected chi connectivity index (χ4v) is 3.90. The summed E-state index contributed by atoms with van der Waals surface area (Å²) in [6.45, 7) is 5.37. The van der Waals surface area contributed by atoms with Crippen LogP contribution < -0.4 is 0 Å². The topological polar surface area (TPSA) is 62.7 Å². The van der Waals surface area contributed by atoms with Gasteiger partial charge in [0.25, 0.3) is 11.8 Å². The molecule has 2 unspecified atom stereocenters. The van der Waals surface area contributed by atoms with Gasteiger partial charge in [0, 0.05) is 25.5 Å². The monoisotopic (exact) mass is 377 g/mol. The second-order valence-electron chi connectivity index (χ2n) is 7.30. The van der Waals surface area contributed by atoms with E-state index in [0.29, 0.717) is 24.4 Å². The molecule has 0 spiro atoms. The average Bonchev–Trinajstić information content (AvgIpc) is 2.93. The first kappa shape index (κ1) is 18.4. The molecular formula is C22H23N3O3. The molecule has 28 heavy (non-hydrogen) atoms. The number of benzene rings is 1. The molecular weight excluding hydrogens is 354 g/mol. The van der Waals surface area contributed by atoms with Crippen LogP contribution in [0.25, 0.3) is 5.57 Å². The van der Waals surface area contributed by atoms with Crippen LogP contribution >= 0.6 is 0 Å². The van der Waals surface area contributed by atoms with Gasteiger partial charge in [0.05, 0.1) is 24.3 Å². The minimum Gasteiger partial charge on any atom is -0.372 e. The zero-order valence-electron chi connectivity index (χ0n) is 16.0. The molecule has 1 saturated heterocycles. The zero-order chi connectivity index (χ0) is 19.7. The van der Waals surface area contributed by atoms with Crippen molar-refractivity contribution in [1.82, 2.24) is 14.8 Å². The maximum atomic E-state index is 13.4. The summed E-state index contributed by atoms with van der Waals surface area (Å²) in [5.74, 6) is -0.503. The Balaban J connectivity index is 1.74. The van der Waals surface area contributed by atoms with Crippen LogP contribution in [0, 0.1) is 0 Å². The van der Waals surface area contributed by atoms with Gasteiger partial charge in [0.15, 0.2) is 0 Å². The number of carbonyl (C=O) groups excluding carboxylic acids is 2. The van der Waals surface area contributed by atoms with Crippen molar-refractivity contribution in [3.05, 3.63) is 71.7 Å². The molecule has 0 saturated carbocycles. The highest BCUT2D eigenvalue weighted by molar-refractivity contribution is 6.35. The molecule has 0 aliphatic carbocycles. The average molecular weight is 377 g/mol. The molecule has 1 fully saturated rings. The highest BCUT2D eigenvalue weighted by atomic mass is 16.5. The molecule has 0 N–H and O–H groups in total. The number of carbonyl (C=O) groups is 2. The smallest absolute Gasteiger partial charge is 0.278 e. The molecule has 0 radical (unpaired) electrons. The van der Waals surface area contributed by atoms with Crippen LogP contribution in [0.1, 0.15) is 25.0 Å². The Hall–Kier alpha value is -2.99. The third-order valence-corrected chi connectivity index (χ3v) is 5.03. The zero-order valence-corrected chi connectivity index (χ0v) is 16.0. The van der Waals surface area contributed by atoms with Crippen LogP contribution in [0.3, 0.4) is 0 Å². The molecule has 4 rings (SSSR count). The number of ether oxygens (including phenoxy) is 1. The Bertz CT molecular complexity index is 901. The van der Waals surface area contributed by atoms with E-state index >= 15 is 0 Å². The Kier molecular flexibility index (Phi) is 4.96. The first-order valence-electron chi connectivity index (χ1n) is 9.50. The van der Waals surface area contributed by atoms with Crippen molar-refractivity contribution in [2.45, 2.75) is 32.6 Å². The minimum atomic E-state index is -0.255. The van der Waals surface area contributed by atoms with Gasteiger partial charge in [-0.1, -0.05) is 30.3 Å². The number of pyridine rings is 1. The van der Waals surface area contributed by atoms with Gasteiger partial charge in [-0.15, -0.1) is 0 Å². The number of aromatic nitrogens is 1. The van der Waals surface area contributed by atoms with Crippen LogP contribution in [0.2, 0.25) is 0 Å². The first-order valence-corrected chi connectivity index (χ1v) is 9.50. The summed E-state index contributed by atoms with van der Waals surface area (Å²) in [6.07, 6.45) is 3.31. The van der Waals surface area contributed by atoms with E-state index in [1.165, 1.54) is 4.90 Å². The Morgan fingerprint density at radius 1 is 0.964 bits per heavy atom. The Morgan fingerprint density at radius 2 is 1.61 bits per heavy atom. The molecule has 1 aromatic carbocycles. The third kappa shape index (κ3) is 3.43. The summed E-state index contributed by atoms with van der Waals surface area (Å²) in [7, 11) is 0. The van der Waals surface area contributed by atoms with Gasteiger partial charge in [-0.05, 0) is 37.1 Å². The second-order valence-corrected chi connectivity index (χ2v) is 7.30. The van der Waals surface area contributed by atoms with E-state index in [1.807, 2.05) is 61.2 Å². The molecule has 2 atom stereocenters. The third-order valence-electron chi connectivity index (χ3n) is 5.03. The minimum absolute atomic E-state index is 0.00887. The maximum Gasteiger partial charge on any atom is 0.278 e. The predicted molar refractivity (Wildman–Crippen MR) is 105 cm³/mol. The van der Waals surface area contributed by atoms with Crippen molar-refractivity contribution in [2.75, 3.05) is 13.1 Å². The number of hydrogen-bond donors (Lipinski definition) is 0. The van der Waals surface area contributed by atoms with Gasteiger partial charge < -0.3 is 9.64 Å². The number of morpholine rings is 1. The fraction of sp³-hybridized carbons (Fsp3) is 0.318. The quantitative estimate of drug-likeness (QED) is 0.766. The van der Waals surface area contributed by atoms with Crippen molar-refractivity contribution in [1.29, 1.82) is 0 Å². The van der Waals surface area contributed by atoms with Crippen molar-refractivity contribution < 1.29 is 14.3 Å². The van der Waals surface area contributed by atoms with Gasteiger partial charge in [-0.3, -0.25) is 19.5 Å². The van der Waals surface area contributed by atoms with Crippen LogP contribution in [0.4, 0.5) is 0 Å². The second kappa shape index (κ2) is 7.56. The predicted octanol–water partition coefficient (Wildman–Crippen LogP) is 2.47. The molecule has 0 bridgehead atoms. The lowest BCUT2D eigenvalue weighted by atomic mass is 10.0. The van der Waals surface area contributed by atoms with E-state index in [2.05, 4.69) is 4.98 Å². The van der Waals surface area contributed by atoms with Gasteiger partial charge in [-0.25, -0.2) is 0 Å². The number of amides is 2. The fourth-order valence-electron chi connectivity index (χ4n) is 3.90. The van der Waals surface area contributed by atoms with Crippen molar-refractivity contribution in [2.24, 2.45) is 0 Å². The lowest BCUT2D eigenvalue weighted by Gasteiger charge is -2.37. The summed E-state index contributed by atoms with van der Waals surface area (Å²) in [5.41, 5.74) is 2.59. The molecule has 2 aliphatic rings. The van der Waals surface area contributed by atoms with Gasteiger partial charge in [0.1, 0.15) is 5.70 Å². The Labute approximate surface area is 164 Å². The highest BCUT2D eigenvalue weighted by Gasteiger charge is 2.42. The number of hydrogen-bond acceptors (Lipinski definition) is 5. The van der Waals surface area contributed by atoms with Gasteiger partial charge >= 0.3 is 0 Å². The van der Waals surface area contributed by atoms with E-state index in [0.717, 1.165) is 11.1 Å². The molecule has 3 heterocycles. The molecule has 6 heteroatoms. The molecule has 2 aromatic rings. The summed E-state index contributed by atoms with van der Waals surface area (Å²) >= 11 is 0. The summed E-state index contributed by atoms with van der Waals surface area (Å²) < 4.78 is 5.82. The number of rotatable bonds is 4. The largest absolute Gasteiger partial charge is 0.372 e. The van der Waals surface area contributed by atoms with Crippen molar-refractivity contribution >= 4 is 17.4 Å². The van der Waals surface area contributed by atoms with Crippen molar-refractivity contribution in [3.8, 4) is 0 Å². The van der Waals surface area contributed by atoms with E-state index < -0.39 is 0 Å². The van der Waals surface area contributed by atoms with Crippen LogP contribution in [0.15, 0.2) is 60.6 Å². The Morgan fingerprint density at radius 3 is 2.25 bits per heavy atom.